The van der Waals surface area contributed by atoms with Gasteiger partial charge in [0.05, 0.1) is 17.6 Å². The zero-order valence-corrected chi connectivity index (χ0v) is 18.2. The van der Waals surface area contributed by atoms with Crippen molar-refractivity contribution in [3.63, 3.8) is 0 Å². The second-order valence-electron chi connectivity index (χ2n) is 7.44. The number of aromatic amines is 1. The number of carbonyl (C=O) groups excluding carboxylic acids is 1. The summed E-state index contributed by atoms with van der Waals surface area (Å²) in [5.74, 6) is 0.783. The summed E-state index contributed by atoms with van der Waals surface area (Å²) in [7, 11) is 1.83. The molecule has 5 rings (SSSR count). The van der Waals surface area contributed by atoms with E-state index >= 15 is 0 Å². The third-order valence-corrected chi connectivity index (χ3v) is 7.19. The van der Waals surface area contributed by atoms with Gasteiger partial charge in [0.2, 0.25) is 0 Å². The number of amides is 2. The maximum absolute atomic E-state index is 12.3. The van der Waals surface area contributed by atoms with E-state index in [0.29, 0.717) is 11.9 Å². The maximum atomic E-state index is 12.3. The molecule has 2 aromatic heterocycles. The van der Waals surface area contributed by atoms with E-state index < -0.39 is 0 Å². The van der Waals surface area contributed by atoms with Crippen LogP contribution < -0.4 is 5.32 Å². The summed E-state index contributed by atoms with van der Waals surface area (Å²) in [6.07, 6.45) is 0. The first-order chi connectivity index (χ1) is 14.0. The molecule has 0 aliphatic carbocycles. The first-order valence-electron chi connectivity index (χ1n) is 9.57. The van der Waals surface area contributed by atoms with Gasteiger partial charge >= 0.3 is 6.03 Å². The molecule has 4 heterocycles. The van der Waals surface area contributed by atoms with Crippen LogP contribution in [0.5, 0.6) is 0 Å². The SMILES string of the molecule is Cc1csc(-c2[nH]c(CN3CCN(C)C3=O)nc2-c2ccc3c(c2)SC(C)N3)n1. The van der Waals surface area contributed by atoms with E-state index in [4.69, 9.17) is 4.98 Å². The van der Waals surface area contributed by atoms with Gasteiger partial charge in [-0.05, 0) is 26.0 Å². The maximum Gasteiger partial charge on any atom is 0.320 e. The van der Waals surface area contributed by atoms with Crippen molar-refractivity contribution in [2.45, 2.75) is 30.7 Å². The highest BCUT2D eigenvalue weighted by Crippen LogP contribution is 2.42. The standard InChI is InChI=1S/C20H22N6OS2/c1-11-10-28-19(21-11)18-17(13-4-5-14-15(8-13)29-12(2)22-14)23-16(24-18)9-26-7-6-25(3)20(26)27/h4-5,8,10,12,22H,6-7,9H2,1-3H3,(H,23,24). The lowest BCUT2D eigenvalue weighted by Crippen LogP contribution is -2.29. The number of benzene rings is 1. The van der Waals surface area contributed by atoms with Gasteiger partial charge in [-0.15, -0.1) is 11.3 Å². The largest absolute Gasteiger partial charge is 0.372 e. The number of H-pyrrole nitrogens is 1. The Labute approximate surface area is 177 Å². The number of urea groups is 1. The van der Waals surface area contributed by atoms with Crippen molar-refractivity contribution >= 4 is 34.8 Å². The summed E-state index contributed by atoms with van der Waals surface area (Å²) in [5.41, 5.74) is 5.02. The molecule has 0 saturated carbocycles. The molecular weight excluding hydrogens is 404 g/mol. The Bertz CT molecular complexity index is 1090. The summed E-state index contributed by atoms with van der Waals surface area (Å²) >= 11 is 3.42. The average molecular weight is 427 g/mol. The molecule has 0 spiro atoms. The molecule has 150 valence electrons. The molecule has 1 aromatic carbocycles. The lowest BCUT2D eigenvalue weighted by Gasteiger charge is -2.13. The Morgan fingerprint density at radius 3 is 2.86 bits per heavy atom. The van der Waals surface area contributed by atoms with Crippen molar-refractivity contribution in [3.8, 4) is 22.0 Å². The number of imidazole rings is 1. The zero-order chi connectivity index (χ0) is 20.1. The Balaban J connectivity index is 1.54. The summed E-state index contributed by atoms with van der Waals surface area (Å²) in [6, 6.07) is 6.45. The molecular formula is C20H22N6OS2. The van der Waals surface area contributed by atoms with Gasteiger partial charge in [0.15, 0.2) is 0 Å². The van der Waals surface area contributed by atoms with E-state index in [0.717, 1.165) is 46.6 Å². The number of aryl methyl sites for hydroxylation is 1. The van der Waals surface area contributed by atoms with Crippen LogP contribution in [0.15, 0.2) is 28.5 Å². The number of thioether (sulfide) groups is 1. The van der Waals surface area contributed by atoms with Crippen LogP contribution >= 0.6 is 23.1 Å². The fraction of sp³-hybridized carbons (Fsp3) is 0.350. The smallest absolute Gasteiger partial charge is 0.320 e. The van der Waals surface area contributed by atoms with Gasteiger partial charge in [-0.2, -0.15) is 0 Å². The van der Waals surface area contributed by atoms with Crippen molar-refractivity contribution in [2.75, 3.05) is 25.5 Å². The summed E-state index contributed by atoms with van der Waals surface area (Å²) in [6.45, 7) is 6.09. The number of nitrogens with one attached hydrogen (secondary N) is 2. The molecule has 1 fully saturated rings. The van der Waals surface area contributed by atoms with Crippen molar-refractivity contribution in [2.24, 2.45) is 0 Å². The molecule has 0 bridgehead atoms. The topological polar surface area (TPSA) is 77.2 Å². The van der Waals surface area contributed by atoms with Crippen molar-refractivity contribution in [1.82, 2.24) is 24.8 Å². The molecule has 0 radical (unpaired) electrons. The third kappa shape index (κ3) is 3.38. The fourth-order valence-electron chi connectivity index (χ4n) is 3.69. The van der Waals surface area contributed by atoms with Gasteiger partial charge in [-0.3, -0.25) is 0 Å². The van der Waals surface area contributed by atoms with Crippen LogP contribution in [0, 0.1) is 6.92 Å². The average Bonchev–Trinajstić information content (AvgIpc) is 3.45. The Hall–Kier alpha value is -2.52. The zero-order valence-electron chi connectivity index (χ0n) is 16.5. The molecule has 1 unspecified atom stereocenters. The molecule has 9 heteroatoms. The van der Waals surface area contributed by atoms with E-state index in [1.165, 1.54) is 10.6 Å². The van der Waals surface area contributed by atoms with Crippen molar-refractivity contribution in [3.05, 3.63) is 35.1 Å². The minimum Gasteiger partial charge on any atom is -0.372 e. The summed E-state index contributed by atoms with van der Waals surface area (Å²) < 4.78 is 0. The minimum atomic E-state index is 0.0450. The van der Waals surface area contributed by atoms with Crippen LogP contribution in [-0.4, -0.2) is 56.3 Å². The van der Waals surface area contributed by atoms with E-state index in [9.17, 15) is 4.79 Å². The van der Waals surface area contributed by atoms with Crippen LogP contribution in [-0.2, 0) is 6.54 Å². The number of aromatic nitrogens is 3. The highest BCUT2D eigenvalue weighted by molar-refractivity contribution is 8.00. The normalized spacial score (nSPS) is 18.4. The second kappa shape index (κ2) is 7.07. The fourth-order valence-corrected chi connectivity index (χ4v) is 5.50. The van der Waals surface area contributed by atoms with E-state index in [1.54, 1.807) is 16.2 Å². The monoisotopic (exact) mass is 426 g/mol. The molecule has 2 aliphatic rings. The van der Waals surface area contributed by atoms with E-state index in [-0.39, 0.29) is 6.03 Å². The number of nitrogens with zero attached hydrogens (tertiary/aromatic N) is 4. The predicted octanol–water partition coefficient (Wildman–Crippen LogP) is 4.24. The van der Waals surface area contributed by atoms with Gasteiger partial charge in [0.1, 0.15) is 16.5 Å². The van der Waals surface area contributed by atoms with Crippen LogP contribution in [0.3, 0.4) is 0 Å². The number of carbonyl (C=O) groups is 1. The van der Waals surface area contributed by atoms with Gasteiger partial charge in [-0.1, -0.05) is 17.8 Å². The number of fused-ring (bicyclic) bond motifs is 1. The molecule has 2 amide bonds. The molecule has 7 nitrogen and oxygen atoms in total. The summed E-state index contributed by atoms with van der Waals surface area (Å²) in [4.78, 5) is 30.1. The van der Waals surface area contributed by atoms with Gasteiger partial charge < -0.3 is 20.1 Å². The minimum absolute atomic E-state index is 0.0450. The van der Waals surface area contributed by atoms with Gasteiger partial charge in [0.25, 0.3) is 0 Å². The highest BCUT2D eigenvalue weighted by atomic mass is 32.2. The lowest BCUT2D eigenvalue weighted by atomic mass is 10.1. The Morgan fingerprint density at radius 2 is 2.14 bits per heavy atom. The molecule has 2 N–H and O–H groups in total. The molecule has 1 atom stereocenters. The van der Waals surface area contributed by atoms with Crippen LogP contribution in [0.1, 0.15) is 18.4 Å². The quantitative estimate of drug-likeness (QED) is 0.653. The molecule has 1 saturated heterocycles. The van der Waals surface area contributed by atoms with Crippen molar-refractivity contribution < 1.29 is 4.79 Å². The number of likely N-dealkylation sites (N-methyl/N-ethyl adjacent to an activating group) is 1. The summed E-state index contributed by atoms with van der Waals surface area (Å²) in [5, 5.41) is 6.80. The Morgan fingerprint density at radius 1 is 1.28 bits per heavy atom. The van der Waals surface area contributed by atoms with Crippen molar-refractivity contribution in [1.29, 1.82) is 0 Å². The number of thiazole rings is 1. The van der Waals surface area contributed by atoms with E-state index in [1.807, 2.05) is 36.0 Å². The van der Waals surface area contributed by atoms with Gasteiger partial charge in [0, 0.05) is 47.4 Å². The van der Waals surface area contributed by atoms with E-state index in [2.05, 4.69) is 40.4 Å². The number of rotatable bonds is 4. The Kier molecular flexibility index (Phi) is 4.51. The molecule has 2 aliphatic heterocycles. The number of hydrogen-bond donors (Lipinski definition) is 2. The van der Waals surface area contributed by atoms with Gasteiger partial charge in [-0.25, -0.2) is 14.8 Å². The predicted molar refractivity (Wildman–Crippen MR) is 117 cm³/mol. The number of anilines is 1. The molecule has 3 aromatic rings. The number of hydrogen-bond acceptors (Lipinski definition) is 6. The second-order valence-corrected chi connectivity index (χ2v) is 9.68. The first kappa shape index (κ1) is 18.5. The van der Waals surface area contributed by atoms with Crippen LogP contribution in [0.25, 0.3) is 22.0 Å². The molecule has 29 heavy (non-hydrogen) atoms. The highest BCUT2D eigenvalue weighted by Gasteiger charge is 2.27. The van der Waals surface area contributed by atoms with Crippen LogP contribution in [0.2, 0.25) is 0 Å². The van der Waals surface area contributed by atoms with Crippen LogP contribution in [0.4, 0.5) is 10.5 Å². The first-order valence-corrected chi connectivity index (χ1v) is 11.3. The lowest BCUT2D eigenvalue weighted by molar-refractivity contribution is 0.196. The third-order valence-electron chi connectivity index (χ3n) is 5.15.